The summed E-state index contributed by atoms with van der Waals surface area (Å²) in [7, 11) is 0. The minimum Gasteiger partial charge on any atom is -0.385 e. The molecule has 2 aliphatic rings. The highest BCUT2D eigenvalue weighted by Gasteiger charge is 2.27. The number of hydrogen-bond acceptors (Lipinski definition) is 7. The second kappa shape index (κ2) is 31.7. The van der Waals surface area contributed by atoms with Crippen LogP contribution in [0.25, 0.3) is 0 Å². The van der Waals surface area contributed by atoms with Crippen LogP contribution in [0.4, 0.5) is 11.4 Å². The first kappa shape index (κ1) is 54.7. The number of carbonyl (C=O) groups excluding carboxylic acids is 2. The van der Waals surface area contributed by atoms with Crippen molar-refractivity contribution in [1.29, 1.82) is 0 Å². The fourth-order valence-electron chi connectivity index (χ4n) is 9.52. The lowest BCUT2D eigenvalue weighted by Gasteiger charge is -2.31. The Morgan fingerprint density at radius 2 is 0.775 bits per heavy atom. The third-order valence-electron chi connectivity index (χ3n) is 13.5. The van der Waals surface area contributed by atoms with Crippen LogP contribution in [0.15, 0.2) is 182 Å². The number of rotatable bonds is 20. The van der Waals surface area contributed by atoms with Crippen molar-refractivity contribution in [2.75, 3.05) is 102 Å². The molecule has 2 fully saturated rings. The smallest absolute Gasteiger partial charge is 0.226 e. The Balaban J connectivity index is 0.000000213. The van der Waals surface area contributed by atoms with Crippen molar-refractivity contribution in [1.82, 2.24) is 19.6 Å². The summed E-state index contributed by atoms with van der Waals surface area (Å²) >= 11 is 4.82. The van der Waals surface area contributed by atoms with Crippen molar-refractivity contribution in [2.45, 2.75) is 52.4 Å². The summed E-state index contributed by atoms with van der Waals surface area (Å²) in [4.78, 5) is 35.1. The Morgan fingerprint density at radius 3 is 1.10 bits per heavy atom. The summed E-state index contributed by atoms with van der Waals surface area (Å²) in [5.74, 6) is 1.22. The van der Waals surface area contributed by atoms with Crippen LogP contribution in [0.5, 0.6) is 0 Å². The first-order chi connectivity index (χ1) is 34.8. The lowest BCUT2D eigenvalue weighted by Crippen LogP contribution is -2.42. The van der Waals surface area contributed by atoms with Gasteiger partial charge in [0.25, 0.3) is 0 Å². The predicted molar refractivity (Wildman–Crippen MR) is 298 cm³/mol. The van der Waals surface area contributed by atoms with E-state index in [1.807, 2.05) is 30.0 Å². The molecule has 6 aromatic rings. The first-order valence-electron chi connectivity index (χ1n) is 26.2. The molecule has 0 radical (unpaired) electrons. The van der Waals surface area contributed by atoms with Gasteiger partial charge in [-0.2, -0.15) is 0 Å². The van der Waals surface area contributed by atoms with Crippen LogP contribution >= 0.6 is 11.6 Å². The number of anilines is 2. The van der Waals surface area contributed by atoms with E-state index in [1.54, 1.807) is 6.92 Å². The Morgan fingerprint density at radius 1 is 0.465 bits per heavy atom. The van der Waals surface area contributed by atoms with Gasteiger partial charge in [-0.15, -0.1) is 0 Å². The largest absolute Gasteiger partial charge is 0.385 e. The molecule has 0 saturated carbocycles. The molecule has 2 saturated heterocycles. The minimum atomic E-state index is -0.273. The molecule has 2 aliphatic heterocycles. The van der Waals surface area contributed by atoms with E-state index in [9.17, 15) is 9.59 Å². The molecule has 9 heteroatoms. The fraction of sp³-hybridized carbons (Fsp3) is 0.387. The summed E-state index contributed by atoms with van der Waals surface area (Å²) in [6, 6.07) is 64.1. The van der Waals surface area contributed by atoms with Gasteiger partial charge in [0.15, 0.2) is 0 Å². The van der Waals surface area contributed by atoms with E-state index in [0.29, 0.717) is 24.7 Å². The Hall–Kier alpha value is -5.61. The zero-order valence-electron chi connectivity index (χ0n) is 42.5. The van der Waals surface area contributed by atoms with Crippen LogP contribution in [-0.2, 0) is 35.3 Å². The van der Waals surface area contributed by atoms with Crippen LogP contribution in [-0.4, -0.2) is 122 Å². The Kier molecular flexibility index (Phi) is 24.4. The summed E-state index contributed by atoms with van der Waals surface area (Å²) in [6.45, 7) is 18.7. The zero-order valence-corrected chi connectivity index (χ0v) is 43.3. The predicted octanol–water partition coefficient (Wildman–Crippen LogP) is 11.1. The van der Waals surface area contributed by atoms with Gasteiger partial charge in [-0.25, -0.2) is 0 Å². The molecule has 0 aromatic heterocycles. The van der Waals surface area contributed by atoms with Gasteiger partial charge in [-0.05, 0) is 83.8 Å². The molecule has 6 aromatic carbocycles. The van der Waals surface area contributed by atoms with Crippen LogP contribution in [0.2, 0.25) is 0 Å². The van der Waals surface area contributed by atoms with Gasteiger partial charge in [0.1, 0.15) is 0 Å². The van der Waals surface area contributed by atoms with Crippen LogP contribution in [0.1, 0.15) is 48.9 Å². The molecule has 0 atom stereocenters. The standard InChI is InChI=1S/C31H39N3O.C28H35N3.C3H5ClO/c1-2-31(35)34(30-16-10-5-11-17-30)26-29-24-32(20-18-27-12-6-3-7-13-27)22-23-33(25-29)21-19-28-14-8-4-9-15-28;1-4-10-25(11-5-1)16-18-30-20-21-31(19-17-26-12-6-2-7-13-26)24-27(23-30)22-29-28-14-8-3-9-15-28;1-2-3(4)5/h3-17,29H,2,18-26H2,1H3;1-15,27,29H,16-24H2;2H2,1H3. The highest BCUT2D eigenvalue weighted by atomic mass is 35.5. The van der Waals surface area contributed by atoms with Crippen LogP contribution in [0.3, 0.4) is 0 Å². The number of para-hydroxylation sites is 2. The first-order valence-corrected chi connectivity index (χ1v) is 26.6. The van der Waals surface area contributed by atoms with Crippen molar-refractivity contribution < 1.29 is 9.59 Å². The lowest BCUT2D eigenvalue weighted by atomic mass is 10.1. The number of hydrogen-bond donors (Lipinski definition) is 1. The van der Waals surface area contributed by atoms with Gasteiger partial charge in [0, 0.05) is 128 Å². The van der Waals surface area contributed by atoms with Crippen LogP contribution in [0, 0.1) is 11.8 Å². The van der Waals surface area contributed by atoms with Gasteiger partial charge in [0.2, 0.25) is 11.1 Å². The molecule has 0 spiro atoms. The maximum absolute atomic E-state index is 13.0. The van der Waals surface area contributed by atoms with Gasteiger partial charge >= 0.3 is 0 Å². The van der Waals surface area contributed by atoms with Crippen molar-refractivity contribution >= 4 is 34.1 Å². The lowest BCUT2D eigenvalue weighted by molar-refractivity contribution is -0.118. The summed E-state index contributed by atoms with van der Waals surface area (Å²) in [5, 5.41) is 3.40. The van der Waals surface area contributed by atoms with E-state index in [1.165, 1.54) is 27.9 Å². The number of nitrogens with zero attached hydrogens (tertiary/aromatic N) is 5. The number of halogens is 1. The van der Waals surface area contributed by atoms with Gasteiger partial charge < -0.3 is 29.8 Å². The molecule has 1 amide bonds. The molecule has 2 heterocycles. The molecule has 0 unspecified atom stereocenters. The Bertz CT molecular complexity index is 2220. The van der Waals surface area contributed by atoms with Crippen molar-refractivity contribution in [2.24, 2.45) is 11.8 Å². The molecule has 376 valence electrons. The minimum absolute atomic E-state index is 0.201. The highest BCUT2D eigenvalue weighted by molar-refractivity contribution is 6.63. The number of carbonyl (C=O) groups is 2. The quantitative estimate of drug-likeness (QED) is 0.0765. The van der Waals surface area contributed by atoms with Crippen molar-refractivity contribution in [3.05, 3.63) is 204 Å². The van der Waals surface area contributed by atoms with Crippen molar-refractivity contribution in [3.8, 4) is 0 Å². The number of nitrogens with one attached hydrogen (secondary N) is 1. The second-order valence-electron chi connectivity index (χ2n) is 19.0. The van der Waals surface area contributed by atoms with E-state index in [-0.39, 0.29) is 11.1 Å². The molecule has 1 N–H and O–H groups in total. The van der Waals surface area contributed by atoms with Crippen LogP contribution < -0.4 is 10.2 Å². The molecule has 71 heavy (non-hydrogen) atoms. The zero-order chi connectivity index (χ0) is 49.7. The molecule has 8 nitrogen and oxygen atoms in total. The summed E-state index contributed by atoms with van der Waals surface area (Å²) in [5.41, 5.74) is 7.88. The van der Waals surface area contributed by atoms with E-state index in [2.05, 4.69) is 189 Å². The van der Waals surface area contributed by atoms with Gasteiger partial charge in [0.05, 0.1) is 0 Å². The maximum Gasteiger partial charge on any atom is 0.226 e. The summed E-state index contributed by atoms with van der Waals surface area (Å²) in [6.07, 6.45) is 5.34. The van der Waals surface area contributed by atoms with Gasteiger partial charge in [-0.3, -0.25) is 9.59 Å². The fourth-order valence-corrected chi connectivity index (χ4v) is 9.52. The average Bonchev–Trinajstić information content (AvgIpc) is 3.76. The third kappa shape index (κ3) is 20.9. The Labute approximate surface area is 431 Å². The monoisotopic (exact) mass is 975 g/mol. The van der Waals surface area contributed by atoms with E-state index in [4.69, 9.17) is 11.6 Å². The molecule has 0 aliphatic carbocycles. The summed E-state index contributed by atoms with van der Waals surface area (Å²) < 4.78 is 0. The molecule has 0 bridgehead atoms. The molecular weight excluding hydrogens is 896 g/mol. The molecule has 8 rings (SSSR count). The van der Waals surface area contributed by atoms with E-state index < -0.39 is 0 Å². The van der Waals surface area contributed by atoms with E-state index >= 15 is 0 Å². The van der Waals surface area contributed by atoms with E-state index in [0.717, 1.165) is 123 Å². The molecular formula is C62H79ClN6O2. The highest BCUT2D eigenvalue weighted by Crippen LogP contribution is 2.21. The van der Waals surface area contributed by atoms with Gasteiger partial charge in [-0.1, -0.05) is 172 Å². The third-order valence-corrected chi connectivity index (χ3v) is 13.8. The second-order valence-corrected chi connectivity index (χ2v) is 19.4. The van der Waals surface area contributed by atoms with Crippen molar-refractivity contribution in [3.63, 3.8) is 0 Å². The maximum atomic E-state index is 13.0. The topological polar surface area (TPSA) is 62.4 Å². The number of benzene rings is 6. The average molecular weight is 976 g/mol. The SMILES string of the molecule is CCC(=O)Cl.CCC(=O)N(CC1CN(CCc2ccccc2)CCN(CCc2ccccc2)C1)c1ccccc1.c1ccc(CCN2CCN(CCc3ccccc3)CC(CNc3ccccc3)C2)cc1. The normalized spacial score (nSPS) is 15.3. The number of amides is 1.